The van der Waals surface area contributed by atoms with E-state index in [1.807, 2.05) is 0 Å². The number of rotatable bonds is 8. The summed E-state index contributed by atoms with van der Waals surface area (Å²) in [4.78, 5) is 13.0. The molecule has 0 saturated carbocycles. The Bertz CT molecular complexity index is 170. The van der Waals surface area contributed by atoms with E-state index in [1.165, 1.54) is 45.1 Å². The number of likely N-dealkylation sites (tertiary alicyclic amines) is 1. The van der Waals surface area contributed by atoms with Gasteiger partial charge in [0.05, 0.1) is 0 Å². The Morgan fingerprint density at radius 1 is 1.20 bits per heavy atom. The Morgan fingerprint density at radius 3 is 2.60 bits per heavy atom. The highest BCUT2D eigenvalue weighted by atomic mass is 16.1. The summed E-state index contributed by atoms with van der Waals surface area (Å²) in [5, 5.41) is 0. The van der Waals surface area contributed by atoms with E-state index in [0.29, 0.717) is 5.92 Å². The van der Waals surface area contributed by atoms with Gasteiger partial charge < -0.3 is 9.69 Å². The molecule has 0 aromatic carbocycles. The van der Waals surface area contributed by atoms with Crippen molar-refractivity contribution in [3.63, 3.8) is 0 Å². The molecule has 2 heteroatoms. The number of aldehydes is 1. The van der Waals surface area contributed by atoms with Crippen molar-refractivity contribution < 1.29 is 4.79 Å². The Balaban J connectivity index is 1.90. The van der Waals surface area contributed by atoms with Crippen molar-refractivity contribution in [2.75, 3.05) is 19.6 Å². The number of hydrogen-bond donors (Lipinski definition) is 0. The molecule has 0 aliphatic carbocycles. The largest absolute Gasteiger partial charge is 0.303 e. The van der Waals surface area contributed by atoms with Crippen LogP contribution >= 0.6 is 0 Å². The Labute approximate surface area is 94.0 Å². The molecule has 1 atom stereocenters. The minimum Gasteiger partial charge on any atom is -0.303 e. The van der Waals surface area contributed by atoms with Gasteiger partial charge in [0.15, 0.2) is 0 Å². The van der Waals surface area contributed by atoms with E-state index in [2.05, 4.69) is 11.8 Å². The van der Waals surface area contributed by atoms with Crippen molar-refractivity contribution in [1.82, 2.24) is 4.90 Å². The molecule has 0 aromatic rings. The quantitative estimate of drug-likeness (QED) is 0.454. The van der Waals surface area contributed by atoms with Crippen molar-refractivity contribution in [1.29, 1.82) is 0 Å². The number of nitrogens with zero attached hydrogens (tertiary/aromatic N) is 1. The second kappa shape index (κ2) is 7.86. The molecule has 0 radical (unpaired) electrons. The topological polar surface area (TPSA) is 20.3 Å². The van der Waals surface area contributed by atoms with Crippen LogP contribution in [0.15, 0.2) is 0 Å². The maximum absolute atomic E-state index is 10.6. The fourth-order valence-electron chi connectivity index (χ4n) is 2.29. The van der Waals surface area contributed by atoms with Gasteiger partial charge in [-0.3, -0.25) is 0 Å². The lowest BCUT2D eigenvalue weighted by molar-refractivity contribution is -0.110. The van der Waals surface area contributed by atoms with Crippen LogP contribution in [0.4, 0.5) is 0 Å². The first-order valence-corrected chi connectivity index (χ1v) is 6.54. The summed E-state index contributed by atoms with van der Waals surface area (Å²) in [6.45, 7) is 5.61. The Kier molecular flexibility index (Phi) is 6.66. The van der Waals surface area contributed by atoms with Gasteiger partial charge in [0.1, 0.15) is 6.29 Å². The second-order valence-electron chi connectivity index (χ2n) is 4.75. The maximum atomic E-state index is 10.6. The van der Waals surface area contributed by atoms with Gasteiger partial charge in [0.25, 0.3) is 0 Å². The van der Waals surface area contributed by atoms with Gasteiger partial charge in [0.2, 0.25) is 0 Å². The minimum atomic E-state index is 0.324. The highest BCUT2D eigenvalue weighted by Gasteiger charge is 2.20. The van der Waals surface area contributed by atoms with Gasteiger partial charge in [-0.1, -0.05) is 39.0 Å². The summed E-state index contributed by atoms with van der Waals surface area (Å²) < 4.78 is 0. The molecule has 1 rings (SSSR count). The van der Waals surface area contributed by atoms with Gasteiger partial charge in [-0.15, -0.1) is 0 Å². The van der Waals surface area contributed by atoms with E-state index in [9.17, 15) is 4.79 Å². The zero-order valence-electron chi connectivity index (χ0n) is 10.1. The predicted molar refractivity (Wildman–Crippen MR) is 64.0 cm³/mol. The molecule has 15 heavy (non-hydrogen) atoms. The second-order valence-corrected chi connectivity index (χ2v) is 4.75. The van der Waals surface area contributed by atoms with Crippen LogP contribution in [0.1, 0.15) is 51.9 Å². The van der Waals surface area contributed by atoms with Crippen LogP contribution in [-0.2, 0) is 4.79 Å². The molecule has 2 nitrogen and oxygen atoms in total. The number of carbonyl (C=O) groups is 1. The van der Waals surface area contributed by atoms with Crippen LogP contribution in [0.25, 0.3) is 0 Å². The first-order valence-electron chi connectivity index (χ1n) is 6.54. The molecule has 0 amide bonds. The van der Waals surface area contributed by atoms with Crippen molar-refractivity contribution >= 4 is 6.29 Å². The van der Waals surface area contributed by atoms with E-state index >= 15 is 0 Å². The standard InChI is InChI=1S/C13H25NO/c1-2-3-4-5-6-7-9-14-10-8-13(11-14)12-15/h12-13H,2-11H2,1H3. The van der Waals surface area contributed by atoms with E-state index in [1.54, 1.807) is 0 Å². The maximum Gasteiger partial charge on any atom is 0.124 e. The average Bonchev–Trinajstić information content (AvgIpc) is 2.71. The summed E-state index contributed by atoms with van der Waals surface area (Å²) >= 11 is 0. The Morgan fingerprint density at radius 2 is 1.93 bits per heavy atom. The molecule has 1 aliphatic heterocycles. The molecular weight excluding hydrogens is 186 g/mol. The average molecular weight is 211 g/mol. The lowest BCUT2D eigenvalue weighted by Gasteiger charge is -2.14. The van der Waals surface area contributed by atoms with Crippen LogP contribution in [0, 0.1) is 5.92 Å². The van der Waals surface area contributed by atoms with Crippen LogP contribution < -0.4 is 0 Å². The fourth-order valence-corrected chi connectivity index (χ4v) is 2.29. The van der Waals surface area contributed by atoms with Crippen molar-refractivity contribution in [2.45, 2.75) is 51.9 Å². The third-order valence-electron chi connectivity index (χ3n) is 3.33. The smallest absolute Gasteiger partial charge is 0.124 e. The summed E-state index contributed by atoms with van der Waals surface area (Å²) in [6.07, 6.45) is 10.4. The van der Waals surface area contributed by atoms with Gasteiger partial charge in [-0.25, -0.2) is 0 Å². The molecule has 88 valence electrons. The third-order valence-corrected chi connectivity index (χ3v) is 3.33. The van der Waals surface area contributed by atoms with E-state index in [0.717, 1.165) is 25.8 Å². The van der Waals surface area contributed by atoms with Crippen molar-refractivity contribution in [3.8, 4) is 0 Å². The van der Waals surface area contributed by atoms with Crippen molar-refractivity contribution in [3.05, 3.63) is 0 Å². The van der Waals surface area contributed by atoms with Crippen LogP contribution in [0.3, 0.4) is 0 Å². The number of unbranched alkanes of at least 4 members (excludes halogenated alkanes) is 5. The van der Waals surface area contributed by atoms with Gasteiger partial charge in [0, 0.05) is 12.5 Å². The zero-order chi connectivity index (χ0) is 10.9. The monoisotopic (exact) mass is 211 g/mol. The molecule has 1 heterocycles. The van der Waals surface area contributed by atoms with E-state index < -0.39 is 0 Å². The highest BCUT2D eigenvalue weighted by Crippen LogP contribution is 2.15. The first-order chi connectivity index (χ1) is 7.36. The SMILES string of the molecule is CCCCCCCCN1CCC(C=O)C1. The summed E-state index contributed by atoms with van der Waals surface area (Å²) in [6, 6.07) is 0. The highest BCUT2D eigenvalue weighted by molar-refractivity contribution is 5.54. The molecule has 0 spiro atoms. The number of carbonyl (C=O) groups excluding carboxylic acids is 1. The van der Waals surface area contributed by atoms with Gasteiger partial charge >= 0.3 is 0 Å². The first kappa shape index (κ1) is 12.7. The summed E-state index contributed by atoms with van der Waals surface area (Å²) in [5.41, 5.74) is 0. The normalized spacial score (nSPS) is 22.1. The lowest BCUT2D eigenvalue weighted by Crippen LogP contribution is -2.22. The summed E-state index contributed by atoms with van der Waals surface area (Å²) in [7, 11) is 0. The zero-order valence-corrected chi connectivity index (χ0v) is 10.1. The molecule has 1 fully saturated rings. The third kappa shape index (κ3) is 5.31. The predicted octanol–water partition coefficient (Wildman–Crippen LogP) is 2.87. The van der Waals surface area contributed by atoms with Gasteiger partial charge in [-0.2, -0.15) is 0 Å². The molecular formula is C13H25NO. The molecule has 1 aliphatic rings. The molecule has 0 N–H and O–H groups in total. The molecule has 0 aromatic heterocycles. The van der Waals surface area contributed by atoms with E-state index in [4.69, 9.17) is 0 Å². The molecule has 0 bridgehead atoms. The number of hydrogen-bond acceptors (Lipinski definition) is 2. The lowest BCUT2D eigenvalue weighted by atomic mass is 10.1. The minimum absolute atomic E-state index is 0.324. The fraction of sp³-hybridized carbons (Fsp3) is 0.923. The van der Waals surface area contributed by atoms with Gasteiger partial charge in [-0.05, 0) is 25.9 Å². The Hall–Kier alpha value is -0.370. The van der Waals surface area contributed by atoms with Crippen LogP contribution in [-0.4, -0.2) is 30.8 Å². The van der Waals surface area contributed by atoms with Crippen molar-refractivity contribution in [2.24, 2.45) is 5.92 Å². The van der Waals surface area contributed by atoms with Crippen LogP contribution in [0.5, 0.6) is 0 Å². The molecule has 1 unspecified atom stereocenters. The van der Waals surface area contributed by atoms with E-state index in [-0.39, 0.29) is 0 Å². The van der Waals surface area contributed by atoms with Crippen LogP contribution in [0.2, 0.25) is 0 Å². The molecule has 1 saturated heterocycles. The summed E-state index contributed by atoms with van der Waals surface area (Å²) in [5.74, 6) is 0.324.